The van der Waals surface area contributed by atoms with Crippen LogP contribution in [0, 0.1) is 0 Å². The van der Waals surface area contributed by atoms with Crippen LogP contribution < -0.4 is 10.6 Å². The molecule has 0 atom stereocenters. The number of nitrogens with one attached hydrogen (secondary N) is 2. The Morgan fingerprint density at radius 3 is 2.76 bits per heavy atom. The Morgan fingerprint density at radius 2 is 2.00 bits per heavy atom. The molecular formula is C18H18ClN5O. The van der Waals surface area contributed by atoms with Crippen LogP contribution in [0.15, 0.2) is 54.9 Å². The summed E-state index contributed by atoms with van der Waals surface area (Å²) in [6, 6.07) is 13.1. The molecule has 0 aliphatic rings. The molecule has 3 rings (SSSR count). The quantitative estimate of drug-likeness (QED) is 0.560. The van der Waals surface area contributed by atoms with Gasteiger partial charge in [-0.25, -0.2) is 4.98 Å². The Bertz CT molecular complexity index is 829. The number of aliphatic hydroxyl groups is 1. The van der Waals surface area contributed by atoms with Gasteiger partial charge in [0.1, 0.15) is 5.82 Å². The van der Waals surface area contributed by atoms with E-state index in [0.717, 1.165) is 16.9 Å². The van der Waals surface area contributed by atoms with Crippen molar-refractivity contribution in [3.05, 3.63) is 59.9 Å². The van der Waals surface area contributed by atoms with Gasteiger partial charge >= 0.3 is 0 Å². The van der Waals surface area contributed by atoms with Crippen LogP contribution >= 0.6 is 11.6 Å². The number of anilines is 3. The first-order chi connectivity index (χ1) is 12.2. The van der Waals surface area contributed by atoms with Crippen LogP contribution in [0.4, 0.5) is 17.5 Å². The topological polar surface area (TPSA) is 83.0 Å². The predicted molar refractivity (Wildman–Crippen MR) is 100 cm³/mol. The largest absolute Gasteiger partial charge is 0.396 e. The zero-order valence-corrected chi connectivity index (χ0v) is 14.2. The van der Waals surface area contributed by atoms with Crippen molar-refractivity contribution in [1.82, 2.24) is 15.0 Å². The highest BCUT2D eigenvalue weighted by molar-refractivity contribution is 6.30. The van der Waals surface area contributed by atoms with Gasteiger partial charge in [-0.3, -0.25) is 4.98 Å². The Kier molecular flexibility index (Phi) is 5.77. The molecular weight excluding hydrogens is 338 g/mol. The van der Waals surface area contributed by atoms with Gasteiger partial charge in [-0.15, -0.1) is 0 Å². The summed E-state index contributed by atoms with van der Waals surface area (Å²) in [4.78, 5) is 13.1. The van der Waals surface area contributed by atoms with E-state index in [1.165, 1.54) is 0 Å². The highest BCUT2D eigenvalue weighted by Gasteiger charge is 2.07. The maximum atomic E-state index is 8.94. The van der Waals surface area contributed by atoms with Crippen molar-refractivity contribution in [2.24, 2.45) is 0 Å². The summed E-state index contributed by atoms with van der Waals surface area (Å²) in [6.07, 6.45) is 4.09. The Labute approximate surface area is 150 Å². The highest BCUT2D eigenvalue weighted by atomic mass is 35.5. The van der Waals surface area contributed by atoms with E-state index >= 15 is 0 Å². The van der Waals surface area contributed by atoms with Crippen LogP contribution in [0.3, 0.4) is 0 Å². The van der Waals surface area contributed by atoms with E-state index in [1.807, 2.05) is 42.5 Å². The van der Waals surface area contributed by atoms with Gasteiger partial charge in [0.2, 0.25) is 5.95 Å². The van der Waals surface area contributed by atoms with E-state index in [0.29, 0.717) is 29.8 Å². The second-order valence-corrected chi connectivity index (χ2v) is 5.78. The third-order valence-electron chi connectivity index (χ3n) is 3.40. The summed E-state index contributed by atoms with van der Waals surface area (Å²) >= 11 is 6.04. The number of nitrogens with zero attached hydrogens (tertiary/aromatic N) is 3. The van der Waals surface area contributed by atoms with Crippen molar-refractivity contribution < 1.29 is 5.11 Å². The van der Waals surface area contributed by atoms with Crippen molar-refractivity contribution in [1.29, 1.82) is 0 Å². The number of rotatable bonds is 7. The summed E-state index contributed by atoms with van der Waals surface area (Å²) in [5.41, 5.74) is 2.48. The monoisotopic (exact) mass is 355 g/mol. The van der Waals surface area contributed by atoms with Crippen molar-refractivity contribution in [3.63, 3.8) is 0 Å². The maximum absolute atomic E-state index is 8.94. The lowest BCUT2D eigenvalue weighted by atomic mass is 10.2. The van der Waals surface area contributed by atoms with Gasteiger partial charge in [0, 0.05) is 47.9 Å². The molecule has 25 heavy (non-hydrogen) atoms. The molecule has 0 aliphatic heterocycles. The molecule has 0 radical (unpaired) electrons. The molecule has 6 nitrogen and oxygen atoms in total. The van der Waals surface area contributed by atoms with Crippen LogP contribution in [-0.4, -0.2) is 33.2 Å². The number of pyridine rings is 1. The number of hydrogen-bond acceptors (Lipinski definition) is 6. The van der Waals surface area contributed by atoms with Crippen LogP contribution in [0.25, 0.3) is 11.3 Å². The van der Waals surface area contributed by atoms with Crippen LogP contribution in [0.1, 0.15) is 6.42 Å². The molecule has 0 bridgehead atoms. The fraction of sp³-hybridized carbons (Fsp3) is 0.167. The van der Waals surface area contributed by atoms with Gasteiger partial charge in [-0.2, -0.15) is 4.98 Å². The molecule has 7 heteroatoms. The first-order valence-corrected chi connectivity index (χ1v) is 8.29. The molecule has 1 aromatic carbocycles. The van der Waals surface area contributed by atoms with Gasteiger partial charge in [-0.05, 0) is 36.8 Å². The summed E-state index contributed by atoms with van der Waals surface area (Å²) in [6.45, 7) is 0.701. The fourth-order valence-electron chi connectivity index (χ4n) is 2.25. The molecule has 0 aliphatic carbocycles. The first kappa shape index (κ1) is 17.1. The van der Waals surface area contributed by atoms with Crippen molar-refractivity contribution in [2.75, 3.05) is 23.8 Å². The highest BCUT2D eigenvalue weighted by Crippen LogP contribution is 2.24. The zero-order chi connectivity index (χ0) is 17.5. The van der Waals surface area contributed by atoms with Gasteiger partial charge in [0.25, 0.3) is 0 Å². The molecule has 3 N–H and O–H groups in total. The lowest BCUT2D eigenvalue weighted by Gasteiger charge is -2.11. The molecule has 0 spiro atoms. The van der Waals surface area contributed by atoms with Crippen LogP contribution in [0.2, 0.25) is 5.02 Å². The minimum atomic E-state index is 0.114. The SMILES string of the molecule is OCCCNc1nc(Nc2cccc(Cl)c2)cc(-c2cccnc2)n1. The average molecular weight is 356 g/mol. The smallest absolute Gasteiger partial charge is 0.225 e. The maximum Gasteiger partial charge on any atom is 0.225 e. The minimum absolute atomic E-state index is 0.114. The van der Waals surface area contributed by atoms with Gasteiger partial charge < -0.3 is 15.7 Å². The molecule has 0 fully saturated rings. The number of hydrogen-bond donors (Lipinski definition) is 3. The normalized spacial score (nSPS) is 10.5. The van der Waals surface area contributed by atoms with E-state index in [1.54, 1.807) is 12.4 Å². The standard InChI is InChI=1S/C18H18ClN5O/c19-14-5-1-6-15(10-14)22-17-11-16(13-4-2-7-20-12-13)23-18(24-17)21-8-3-9-25/h1-2,4-7,10-12,25H,3,8-9H2,(H2,21,22,23,24). The van der Waals surface area contributed by atoms with Gasteiger partial charge in [0.05, 0.1) is 5.69 Å². The van der Waals surface area contributed by atoms with Crippen molar-refractivity contribution >= 4 is 29.1 Å². The van der Waals surface area contributed by atoms with Crippen molar-refractivity contribution in [3.8, 4) is 11.3 Å². The summed E-state index contributed by atoms with van der Waals surface area (Å²) in [5, 5.41) is 15.9. The van der Waals surface area contributed by atoms with E-state index in [-0.39, 0.29) is 6.61 Å². The fourth-order valence-corrected chi connectivity index (χ4v) is 2.44. The minimum Gasteiger partial charge on any atom is -0.396 e. The second-order valence-electron chi connectivity index (χ2n) is 5.34. The van der Waals surface area contributed by atoms with Crippen LogP contribution in [-0.2, 0) is 0 Å². The zero-order valence-electron chi connectivity index (χ0n) is 13.5. The molecule has 2 heterocycles. The number of aliphatic hydroxyl groups excluding tert-OH is 1. The summed E-state index contributed by atoms with van der Waals surface area (Å²) < 4.78 is 0. The van der Waals surface area contributed by atoms with E-state index < -0.39 is 0 Å². The average Bonchev–Trinajstić information content (AvgIpc) is 2.63. The Morgan fingerprint density at radius 1 is 1.08 bits per heavy atom. The lowest BCUT2D eigenvalue weighted by Crippen LogP contribution is -2.08. The third-order valence-corrected chi connectivity index (χ3v) is 3.63. The van der Waals surface area contributed by atoms with E-state index in [4.69, 9.17) is 16.7 Å². The first-order valence-electron chi connectivity index (χ1n) is 7.91. The van der Waals surface area contributed by atoms with Crippen LogP contribution in [0.5, 0.6) is 0 Å². The van der Waals surface area contributed by atoms with Gasteiger partial charge in [-0.1, -0.05) is 17.7 Å². The number of aromatic nitrogens is 3. The third kappa shape index (κ3) is 4.89. The Balaban J connectivity index is 1.91. The molecule has 128 valence electrons. The summed E-state index contributed by atoms with van der Waals surface area (Å²) in [7, 11) is 0. The van der Waals surface area contributed by atoms with Gasteiger partial charge in [0.15, 0.2) is 0 Å². The van der Waals surface area contributed by atoms with E-state index in [2.05, 4.69) is 25.6 Å². The van der Waals surface area contributed by atoms with Crippen molar-refractivity contribution in [2.45, 2.75) is 6.42 Å². The summed E-state index contributed by atoms with van der Waals surface area (Å²) in [5.74, 6) is 1.13. The molecule has 0 amide bonds. The predicted octanol–water partition coefficient (Wildman–Crippen LogP) is 3.73. The second kappa shape index (κ2) is 8.41. The molecule has 3 aromatic rings. The molecule has 0 saturated carbocycles. The Hall–Kier alpha value is -2.70. The molecule has 0 saturated heterocycles. The molecule has 2 aromatic heterocycles. The number of benzene rings is 1. The lowest BCUT2D eigenvalue weighted by molar-refractivity contribution is 0.292. The number of halogens is 1. The van der Waals surface area contributed by atoms with E-state index in [9.17, 15) is 0 Å². The molecule has 0 unspecified atom stereocenters.